The highest BCUT2D eigenvalue weighted by molar-refractivity contribution is 5.82. The van der Waals surface area contributed by atoms with Crippen molar-refractivity contribution in [2.24, 2.45) is 10.9 Å². The van der Waals surface area contributed by atoms with Gasteiger partial charge in [-0.1, -0.05) is 42.0 Å². The number of aryl methyl sites for hydroxylation is 1. The van der Waals surface area contributed by atoms with Crippen LogP contribution >= 0.6 is 0 Å². The minimum Gasteiger partial charge on any atom is -0.494 e. The number of rotatable bonds is 5. The first-order chi connectivity index (χ1) is 15.2. The number of hydrogen-bond donors (Lipinski definition) is 1. The van der Waals surface area contributed by atoms with Crippen LogP contribution in [0.4, 0.5) is 11.4 Å². The Morgan fingerprint density at radius 3 is 2.61 bits per heavy atom. The highest BCUT2D eigenvalue weighted by atomic mass is 16.5. The molecule has 0 radical (unpaired) electrons. The van der Waals surface area contributed by atoms with Crippen LogP contribution in [0.5, 0.6) is 5.75 Å². The van der Waals surface area contributed by atoms with E-state index in [1.807, 2.05) is 37.4 Å². The zero-order chi connectivity index (χ0) is 21.2. The summed E-state index contributed by atoms with van der Waals surface area (Å²) in [5, 5.41) is 3.81. The van der Waals surface area contributed by atoms with Crippen LogP contribution in [-0.4, -0.2) is 12.8 Å². The molecule has 1 N–H and O–H groups in total. The molecule has 5 rings (SSSR count). The van der Waals surface area contributed by atoms with E-state index in [-0.39, 0.29) is 0 Å². The molecule has 0 unspecified atom stereocenters. The van der Waals surface area contributed by atoms with E-state index >= 15 is 0 Å². The Hall–Kier alpha value is -3.33. The Bertz CT molecular complexity index is 1110. The standard InChI is InChI=1S/C28H28N2O/c1-3-31-23-14-8-20(9-15-23)18-29-22-12-10-21(11-13-22)28-25-6-4-5-24(25)26-17-19(2)7-16-27(26)30-28/h4-5,7-18,24-25,28,30H,3,6H2,1-2H3/t24-,25+,28+/m1/s1. The average molecular weight is 409 g/mol. The van der Waals surface area contributed by atoms with Gasteiger partial charge in [-0.25, -0.2) is 0 Å². The number of benzene rings is 3. The van der Waals surface area contributed by atoms with Crippen molar-refractivity contribution in [2.75, 3.05) is 11.9 Å². The van der Waals surface area contributed by atoms with Crippen LogP contribution in [0.15, 0.2) is 83.9 Å². The molecule has 1 aliphatic carbocycles. The van der Waals surface area contributed by atoms with Crippen molar-refractivity contribution in [3.8, 4) is 5.75 Å². The molecular weight excluding hydrogens is 380 g/mol. The van der Waals surface area contributed by atoms with Gasteiger partial charge >= 0.3 is 0 Å². The van der Waals surface area contributed by atoms with E-state index < -0.39 is 0 Å². The Kier molecular flexibility index (Phi) is 5.33. The first kappa shape index (κ1) is 19.6. The van der Waals surface area contributed by atoms with Crippen molar-refractivity contribution < 1.29 is 4.74 Å². The fourth-order valence-corrected chi connectivity index (χ4v) is 4.78. The molecule has 0 saturated carbocycles. The van der Waals surface area contributed by atoms with Crippen LogP contribution in [0.1, 0.15) is 47.6 Å². The Labute approximate surface area is 184 Å². The summed E-state index contributed by atoms with van der Waals surface area (Å²) in [6.07, 6.45) is 7.76. The normalized spacial score (nSPS) is 21.5. The first-order valence-corrected chi connectivity index (χ1v) is 11.1. The topological polar surface area (TPSA) is 33.6 Å². The third kappa shape index (κ3) is 4.00. The van der Waals surface area contributed by atoms with Gasteiger partial charge in [0.25, 0.3) is 0 Å². The van der Waals surface area contributed by atoms with Crippen molar-refractivity contribution in [3.05, 3.63) is 101 Å². The van der Waals surface area contributed by atoms with E-state index in [4.69, 9.17) is 4.74 Å². The van der Waals surface area contributed by atoms with Gasteiger partial charge in [-0.3, -0.25) is 4.99 Å². The van der Waals surface area contributed by atoms with Gasteiger partial charge in [0.15, 0.2) is 0 Å². The lowest BCUT2D eigenvalue weighted by Gasteiger charge is -2.37. The summed E-state index contributed by atoms with van der Waals surface area (Å²) >= 11 is 0. The summed E-state index contributed by atoms with van der Waals surface area (Å²) in [5.41, 5.74) is 7.38. The van der Waals surface area contributed by atoms with Gasteiger partial charge in [-0.15, -0.1) is 0 Å². The van der Waals surface area contributed by atoms with Crippen LogP contribution in [0, 0.1) is 12.8 Å². The van der Waals surface area contributed by atoms with Crippen LogP contribution in [0.3, 0.4) is 0 Å². The lowest BCUT2D eigenvalue weighted by molar-refractivity contribution is 0.340. The third-order valence-corrected chi connectivity index (χ3v) is 6.32. The van der Waals surface area contributed by atoms with Gasteiger partial charge < -0.3 is 10.1 Å². The zero-order valence-corrected chi connectivity index (χ0v) is 18.1. The smallest absolute Gasteiger partial charge is 0.119 e. The molecule has 3 aromatic rings. The second kappa shape index (κ2) is 8.43. The fourth-order valence-electron chi connectivity index (χ4n) is 4.78. The van der Waals surface area contributed by atoms with Gasteiger partial charge in [-0.2, -0.15) is 0 Å². The molecule has 1 heterocycles. The molecule has 3 heteroatoms. The Morgan fingerprint density at radius 2 is 1.84 bits per heavy atom. The van der Waals surface area contributed by atoms with E-state index in [1.165, 1.54) is 22.4 Å². The number of allylic oxidation sites excluding steroid dienone is 2. The highest BCUT2D eigenvalue weighted by Gasteiger charge is 2.37. The molecule has 0 aromatic heterocycles. The molecule has 2 aliphatic rings. The van der Waals surface area contributed by atoms with Gasteiger partial charge in [0.1, 0.15) is 5.75 Å². The predicted molar refractivity (Wildman–Crippen MR) is 129 cm³/mol. The molecule has 0 fully saturated rings. The number of nitrogens with one attached hydrogen (secondary N) is 1. The largest absolute Gasteiger partial charge is 0.494 e. The van der Waals surface area contributed by atoms with Crippen LogP contribution in [0.25, 0.3) is 0 Å². The maximum Gasteiger partial charge on any atom is 0.119 e. The third-order valence-electron chi connectivity index (χ3n) is 6.32. The van der Waals surface area contributed by atoms with Crippen LogP contribution in [0.2, 0.25) is 0 Å². The first-order valence-electron chi connectivity index (χ1n) is 11.1. The van der Waals surface area contributed by atoms with Crippen molar-refractivity contribution in [1.82, 2.24) is 0 Å². The second-order valence-corrected chi connectivity index (χ2v) is 8.42. The number of fused-ring (bicyclic) bond motifs is 3. The summed E-state index contributed by atoms with van der Waals surface area (Å²) in [6, 6.07) is 23.8. The summed E-state index contributed by atoms with van der Waals surface area (Å²) in [4.78, 5) is 4.65. The number of ether oxygens (including phenoxy) is 1. The quantitative estimate of drug-likeness (QED) is 0.365. The fraction of sp³-hybridized carbons (Fsp3) is 0.250. The van der Waals surface area contributed by atoms with E-state index in [0.717, 1.165) is 23.4 Å². The molecule has 3 nitrogen and oxygen atoms in total. The lowest BCUT2D eigenvalue weighted by Crippen LogP contribution is -2.29. The van der Waals surface area contributed by atoms with E-state index in [0.29, 0.717) is 24.5 Å². The van der Waals surface area contributed by atoms with E-state index in [2.05, 4.69) is 71.8 Å². The molecule has 156 valence electrons. The maximum atomic E-state index is 5.50. The minimum atomic E-state index is 0.319. The maximum absolute atomic E-state index is 5.50. The lowest BCUT2D eigenvalue weighted by atomic mass is 9.76. The molecule has 31 heavy (non-hydrogen) atoms. The number of hydrogen-bond acceptors (Lipinski definition) is 3. The van der Waals surface area contributed by atoms with Crippen molar-refractivity contribution in [1.29, 1.82) is 0 Å². The molecule has 0 saturated heterocycles. The number of nitrogens with zero attached hydrogens (tertiary/aromatic N) is 1. The molecule has 0 bridgehead atoms. The minimum absolute atomic E-state index is 0.319. The number of anilines is 1. The molecule has 0 spiro atoms. The van der Waals surface area contributed by atoms with Crippen LogP contribution in [-0.2, 0) is 0 Å². The molecule has 3 aromatic carbocycles. The average Bonchev–Trinajstić information content (AvgIpc) is 3.29. The summed E-state index contributed by atoms with van der Waals surface area (Å²) in [5.74, 6) is 1.95. The Morgan fingerprint density at radius 1 is 1.03 bits per heavy atom. The van der Waals surface area contributed by atoms with Crippen LogP contribution < -0.4 is 10.1 Å². The van der Waals surface area contributed by atoms with E-state index in [9.17, 15) is 0 Å². The Balaban J connectivity index is 1.33. The molecule has 0 amide bonds. The molecule has 1 aliphatic heterocycles. The molecular formula is C28H28N2O. The second-order valence-electron chi connectivity index (χ2n) is 8.42. The van der Waals surface area contributed by atoms with Gasteiger partial charge in [0.2, 0.25) is 0 Å². The van der Waals surface area contributed by atoms with Crippen molar-refractivity contribution >= 4 is 17.6 Å². The molecule has 3 atom stereocenters. The number of aliphatic imine (C=N–C) groups is 1. The zero-order valence-electron chi connectivity index (χ0n) is 18.1. The van der Waals surface area contributed by atoms with Gasteiger partial charge in [0, 0.05) is 17.8 Å². The van der Waals surface area contributed by atoms with E-state index in [1.54, 1.807) is 0 Å². The summed E-state index contributed by atoms with van der Waals surface area (Å²) < 4.78 is 5.50. The van der Waals surface area contributed by atoms with Crippen molar-refractivity contribution in [2.45, 2.75) is 32.2 Å². The van der Waals surface area contributed by atoms with Gasteiger partial charge in [-0.05, 0) is 85.3 Å². The predicted octanol–water partition coefficient (Wildman–Crippen LogP) is 6.97. The van der Waals surface area contributed by atoms with Crippen molar-refractivity contribution in [3.63, 3.8) is 0 Å². The monoisotopic (exact) mass is 408 g/mol. The summed E-state index contributed by atoms with van der Waals surface area (Å²) in [7, 11) is 0. The van der Waals surface area contributed by atoms with Gasteiger partial charge in [0.05, 0.1) is 18.3 Å². The summed E-state index contributed by atoms with van der Waals surface area (Å²) in [6.45, 7) is 4.84. The highest BCUT2D eigenvalue weighted by Crippen LogP contribution is 2.50. The SMILES string of the molecule is CCOc1ccc(C=Nc2ccc([C@@H]3Nc4ccc(C)cc4[C@@H]4C=CC[C@@H]43)cc2)cc1.